The van der Waals surface area contributed by atoms with Crippen LogP contribution in [0.4, 0.5) is 0 Å². The van der Waals surface area contributed by atoms with E-state index in [0.717, 1.165) is 14.1 Å². The van der Waals surface area contributed by atoms with Gasteiger partial charge in [-0.25, -0.2) is 14.6 Å². The molecule has 15 nitrogen and oxygen atoms in total. The zero-order chi connectivity index (χ0) is 18.0. The van der Waals surface area contributed by atoms with Gasteiger partial charge in [0.05, 0.1) is 0 Å². The third-order valence-electron chi connectivity index (χ3n) is 1.75. The van der Waals surface area contributed by atoms with E-state index in [0.29, 0.717) is 7.05 Å². The molecule has 0 aromatic rings. The van der Waals surface area contributed by atoms with Crippen molar-refractivity contribution in [1.82, 2.24) is 27.3 Å². The Hall–Kier alpha value is -0.480. The van der Waals surface area contributed by atoms with Crippen LogP contribution in [-0.2, 0) is 40.8 Å². The van der Waals surface area contributed by atoms with E-state index in [9.17, 15) is 33.7 Å². The van der Waals surface area contributed by atoms with Crippen molar-refractivity contribution in [2.45, 2.75) is 0 Å². The minimum absolute atomic E-state index is 0.227. The first-order valence-electron chi connectivity index (χ1n) is 4.83. The van der Waals surface area contributed by atoms with Crippen LogP contribution in [0.1, 0.15) is 0 Å². The Morgan fingerprint density at radius 3 is 1.59 bits per heavy atom. The number of nitrogens with one attached hydrogen (secondary N) is 4. The van der Waals surface area contributed by atoms with Crippen LogP contribution in [0, 0.1) is 0 Å². The molecule has 0 heterocycles. The predicted molar refractivity (Wildman–Crippen MR) is 73.9 cm³/mol. The summed E-state index contributed by atoms with van der Waals surface area (Å²) in [6, 6.07) is 0. The molecular weight excluding hydrogens is 390 g/mol. The number of hydrazine groups is 2. The van der Waals surface area contributed by atoms with Gasteiger partial charge in [0.1, 0.15) is 0 Å². The Labute approximate surface area is 128 Å². The smallest absolute Gasteiger partial charge is 0.215 e. The Morgan fingerprint density at radius 1 is 0.818 bits per heavy atom. The van der Waals surface area contributed by atoms with Crippen LogP contribution in [-0.4, -0.2) is 63.0 Å². The first kappa shape index (κ1) is 21.5. The molecule has 0 aromatic heterocycles. The van der Waals surface area contributed by atoms with Gasteiger partial charge in [-0.2, -0.15) is 33.7 Å². The average molecular weight is 405 g/mol. The van der Waals surface area contributed by atoms with Gasteiger partial charge in [0, 0.05) is 25.0 Å². The van der Waals surface area contributed by atoms with Crippen molar-refractivity contribution < 1.29 is 33.7 Å². The average Bonchev–Trinajstić information content (AvgIpc) is 2.33. The molecule has 134 valence electrons. The standard InChI is InChI=1S/C3H15N7O8S4/c1-5-20(13,14)8-10(21(15,16)6-2)22(17,18)9(3)7-19(4,11)12/h5-8H,1-3H3,(H2,4,11,12). The molecule has 0 aromatic carbocycles. The minimum atomic E-state index is -5.23. The number of nitrogens with two attached hydrogens (primary N) is 1. The molecule has 0 rings (SSSR count). The normalized spacial score (nSPS) is 14.6. The molecule has 0 bridgehead atoms. The molecule has 0 spiro atoms. The van der Waals surface area contributed by atoms with Crippen LogP contribution in [0.5, 0.6) is 0 Å². The molecule has 6 N–H and O–H groups in total. The van der Waals surface area contributed by atoms with Crippen LogP contribution in [0.2, 0.25) is 0 Å². The van der Waals surface area contributed by atoms with E-state index in [-0.39, 0.29) is 4.41 Å². The summed E-state index contributed by atoms with van der Waals surface area (Å²) in [5, 5.41) is 4.55. The van der Waals surface area contributed by atoms with Gasteiger partial charge in [-0.15, -0.1) is 14.1 Å². The molecule has 19 heteroatoms. The largest absolute Gasteiger partial charge is 0.324 e. The van der Waals surface area contributed by atoms with E-state index < -0.39 is 44.7 Å². The number of rotatable bonds is 9. The molecule has 0 saturated carbocycles. The monoisotopic (exact) mass is 405 g/mol. The molecule has 0 aliphatic carbocycles. The quantitative estimate of drug-likeness (QED) is 0.233. The third kappa shape index (κ3) is 5.96. The van der Waals surface area contributed by atoms with Crippen molar-refractivity contribution in [2.75, 3.05) is 21.1 Å². The summed E-state index contributed by atoms with van der Waals surface area (Å²) in [4.78, 5) is 2.43. The zero-order valence-corrected chi connectivity index (χ0v) is 14.6. The highest BCUT2D eigenvalue weighted by Gasteiger charge is 2.40. The Balaban J connectivity index is 6.00. The topological polar surface area (TPSA) is 217 Å². The molecular formula is C3H15N7O8S4. The van der Waals surface area contributed by atoms with E-state index in [1.165, 1.54) is 9.66 Å². The van der Waals surface area contributed by atoms with Gasteiger partial charge >= 0.3 is 20.4 Å². The summed E-state index contributed by atoms with van der Waals surface area (Å²) in [7, 11) is -17.1. The Bertz CT molecular complexity index is 796. The van der Waals surface area contributed by atoms with Crippen molar-refractivity contribution >= 4 is 40.8 Å². The van der Waals surface area contributed by atoms with Crippen LogP contribution < -0.4 is 24.2 Å². The minimum Gasteiger partial charge on any atom is -0.215 e. The van der Waals surface area contributed by atoms with Crippen LogP contribution in [0.25, 0.3) is 0 Å². The van der Waals surface area contributed by atoms with E-state index in [4.69, 9.17) is 0 Å². The van der Waals surface area contributed by atoms with Gasteiger partial charge in [-0.1, -0.05) is 0 Å². The fourth-order valence-corrected chi connectivity index (χ4v) is 5.38. The Kier molecular flexibility index (Phi) is 6.81. The Morgan fingerprint density at radius 2 is 1.27 bits per heavy atom. The highest BCUT2D eigenvalue weighted by atomic mass is 32.3. The van der Waals surface area contributed by atoms with Crippen molar-refractivity contribution in [3.05, 3.63) is 0 Å². The molecule has 0 unspecified atom stereocenters. The van der Waals surface area contributed by atoms with Gasteiger partial charge in [-0.05, 0) is 0 Å². The highest BCUT2D eigenvalue weighted by molar-refractivity contribution is 8.03. The van der Waals surface area contributed by atoms with Crippen LogP contribution >= 0.6 is 0 Å². The lowest BCUT2D eigenvalue weighted by atomic mass is 11.5. The van der Waals surface area contributed by atoms with Gasteiger partial charge in [0.25, 0.3) is 20.4 Å². The van der Waals surface area contributed by atoms with Crippen molar-refractivity contribution in [1.29, 1.82) is 0 Å². The maximum Gasteiger partial charge on any atom is 0.324 e. The summed E-state index contributed by atoms with van der Waals surface area (Å²) in [5.74, 6) is 0. The maximum atomic E-state index is 12.0. The van der Waals surface area contributed by atoms with E-state index in [1.54, 1.807) is 9.44 Å². The molecule has 0 atom stereocenters. The SMILES string of the molecule is CNS(=O)(=O)NN(S(=O)(=O)NC)S(=O)(=O)N(C)NS(N)(=O)=O. The van der Waals surface area contributed by atoms with E-state index in [2.05, 4.69) is 5.14 Å². The zero-order valence-electron chi connectivity index (χ0n) is 11.4. The predicted octanol–water partition coefficient (Wildman–Crippen LogP) is -5.39. The van der Waals surface area contributed by atoms with Gasteiger partial charge in [0.15, 0.2) is 0 Å². The molecule has 0 fully saturated rings. The van der Waals surface area contributed by atoms with Gasteiger partial charge < -0.3 is 0 Å². The molecule has 22 heavy (non-hydrogen) atoms. The first-order chi connectivity index (χ1) is 9.59. The molecule has 0 radical (unpaired) electrons. The molecule has 0 aliphatic heterocycles. The lowest BCUT2D eigenvalue weighted by Gasteiger charge is -2.25. The van der Waals surface area contributed by atoms with Crippen molar-refractivity contribution in [3.63, 3.8) is 0 Å². The van der Waals surface area contributed by atoms with Crippen molar-refractivity contribution in [3.8, 4) is 0 Å². The van der Waals surface area contributed by atoms with Crippen molar-refractivity contribution in [2.24, 2.45) is 5.14 Å². The van der Waals surface area contributed by atoms with E-state index in [1.807, 2.05) is 0 Å². The fourth-order valence-electron chi connectivity index (χ4n) is 0.784. The molecule has 0 saturated heterocycles. The summed E-state index contributed by atoms with van der Waals surface area (Å²) in [6.07, 6.45) is 0. The summed E-state index contributed by atoms with van der Waals surface area (Å²) in [5.41, 5.74) is 0. The second kappa shape index (κ2) is 6.96. The fraction of sp³-hybridized carbons (Fsp3) is 1.00. The lowest BCUT2D eigenvalue weighted by Crippen LogP contribution is -2.61. The van der Waals surface area contributed by atoms with E-state index >= 15 is 0 Å². The van der Waals surface area contributed by atoms with Gasteiger partial charge in [-0.3, -0.25) is 0 Å². The lowest BCUT2D eigenvalue weighted by molar-refractivity contribution is 0.382. The summed E-state index contributed by atoms with van der Waals surface area (Å²) >= 11 is 0. The maximum absolute atomic E-state index is 12.0. The van der Waals surface area contributed by atoms with Crippen LogP contribution in [0.15, 0.2) is 0 Å². The first-order valence-corrected chi connectivity index (χ1v) is 10.7. The summed E-state index contributed by atoms with van der Waals surface area (Å²) < 4.78 is 93.8. The number of nitrogens with zero attached hydrogens (tertiary/aromatic N) is 2. The summed E-state index contributed by atoms with van der Waals surface area (Å²) in [6.45, 7) is 0. The van der Waals surface area contributed by atoms with Gasteiger partial charge in [0.2, 0.25) is 0 Å². The number of hydrogen-bond acceptors (Lipinski definition) is 8. The molecule has 0 amide bonds. The highest BCUT2D eigenvalue weighted by Crippen LogP contribution is 2.07. The second-order valence-electron chi connectivity index (χ2n) is 3.32. The molecule has 0 aliphatic rings. The third-order valence-corrected chi connectivity index (χ3v) is 7.08. The second-order valence-corrected chi connectivity index (χ2v) is 9.95. The van der Waals surface area contributed by atoms with Crippen LogP contribution in [0.3, 0.4) is 0 Å². The number of hydrogen-bond donors (Lipinski definition) is 5.